The van der Waals surface area contributed by atoms with E-state index in [-0.39, 0.29) is 12.1 Å². The lowest BCUT2D eigenvalue weighted by Gasteiger charge is -2.14. The van der Waals surface area contributed by atoms with Gasteiger partial charge >= 0.3 is 0 Å². The van der Waals surface area contributed by atoms with E-state index < -0.39 is 0 Å². The highest BCUT2D eigenvalue weighted by atomic mass is 16.5. The molecular weight excluding hydrogens is 198 g/mol. The third kappa shape index (κ3) is 3.96. The van der Waals surface area contributed by atoms with Gasteiger partial charge in [-0.25, -0.2) is 0 Å². The van der Waals surface area contributed by atoms with Crippen LogP contribution in [0, 0.1) is 12.3 Å². The quantitative estimate of drug-likeness (QED) is 0.766. The molecule has 2 nitrogen and oxygen atoms in total. The highest BCUT2D eigenvalue weighted by molar-refractivity contribution is 5.29. The van der Waals surface area contributed by atoms with Crippen LogP contribution in [0.15, 0.2) is 24.3 Å². The van der Waals surface area contributed by atoms with Crippen molar-refractivity contribution in [1.29, 1.82) is 0 Å². The van der Waals surface area contributed by atoms with Gasteiger partial charge in [-0.05, 0) is 38.5 Å². The van der Waals surface area contributed by atoms with Gasteiger partial charge < -0.3 is 4.74 Å². The van der Waals surface area contributed by atoms with E-state index in [4.69, 9.17) is 11.2 Å². The molecule has 16 heavy (non-hydrogen) atoms. The van der Waals surface area contributed by atoms with Gasteiger partial charge in [0.25, 0.3) is 0 Å². The summed E-state index contributed by atoms with van der Waals surface area (Å²) < 4.78 is 5.58. The van der Waals surface area contributed by atoms with Crippen molar-refractivity contribution in [2.45, 2.75) is 32.9 Å². The summed E-state index contributed by atoms with van der Waals surface area (Å²) in [5, 5.41) is 3.23. The van der Waals surface area contributed by atoms with Gasteiger partial charge in [0.05, 0.1) is 12.6 Å². The molecular formula is C14H19NO. The number of hydrogen-bond acceptors (Lipinski definition) is 2. The van der Waals surface area contributed by atoms with E-state index in [9.17, 15) is 0 Å². The van der Waals surface area contributed by atoms with Crippen LogP contribution >= 0.6 is 0 Å². The fourth-order valence-electron chi connectivity index (χ4n) is 1.44. The minimum absolute atomic E-state index is 0.211. The number of benzene rings is 1. The first-order valence-electron chi connectivity index (χ1n) is 5.57. The number of terminal acetylenes is 1. The van der Waals surface area contributed by atoms with Gasteiger partial charge in [0.2, 0.25) is 0 Å². The van der Waals surface area contributed by atoms with Crippen molar-refractivity contribution in [1.82, 2.24) is 5.32 Å². The van der Waals surface area contributed by atoms with E-state index in [1.807, 2.05) is 26.0 Å². The van der Waals surface area contributed by atoms with Crippen molar-refractivity contribution in [2.24, 2.45) is 0 Å². The molecule has 1 unspecified atom stereocenters. The van der Waals surface area contributed by atoms with Crippen molar-refractivity contribution in [2.75, 3.05) is 6.54 Å². The third-order valence-corrected chi connectivity index (χ3v) is 2.26. The monoisotopic (exact) mass is 217 g/mol. The Balaban J connectivity index is 2.60. The molecule has 0 saturated carbocycles. The minimum atomic E-state index is 0.211. The molecule has 0 spiro atoms. The predicted octanol–water partition coefficient (Wildman–Crippen LogP) is 2.76. The predicted molar refractivity (Wildman–Crippen MR) is 67.5 cm³/mol. The molecule has 1 atom stereocenters. The van der Waals surface area contributed by atoms with Crippen molar-refractivity contribution < 1.29 is 4.74 Å². The summed E-state index contributed by atoms with van der Waals surface area (Å²) in [7, 11) is 0. The number of nitrogens with one attached hydrogen (secondary N) is 1. The molecule has 86 valence electrons. The summed E-state index contributed by atoms with van der Waals surface area (Å²) in [6.45, 7) is 6.72. The lowest BCUT2D eigenvalue weighted by molar-refractivity contribution is 0.242. The summed E-state index contributed by atoms with van der Waals surface area (Å²) in [6, 6.07) is 8.37. The van der Waals surface area contributed by atoms with E-state index in [1.54, 1.807) is 0 Å². The van der Waals surface area contributed by atoms with Crippen molar-refractivity contribution in [3.63, 3.8) is 0 Å². The fourth-order valence-corrected chi connectivity index (χ4v) is 1.44. The summed E-state index contributed by atoms with van der Waals surface area (Å²) in [6.07, 6.45) is 5.41. The Bertz CT molecular complexity index is 348. The number of rotatable bonds is 5. The summed E-state index contributed by atoms with van der Waals surface area (Å²) in [5.41, 5.74) is 1.21. The summed E-state index contributed by atoms with van der Waals surface area (Å²) >= 11 is 0. The highest BCUT2D eigenvalue weighted by Gasteiger charge is 2.04. The SMILES string of the molecule is C#CCNC(C)c1ccc(OC(C)C)cc1. The summed E-state index contributed by atoms with van der Waals surface area (Å²) in [5.74, 6) is 3.48. The Hall–Kier alpha value is -1.46. The first-order chi connectivity index (χ1) is 7.63. The largest absolute Gasteiger partial charge is 0.491 e. The van der Waals surface area contributed by atoms with Crippen LogP contribution in [0.5, 0.6) is 5.75 Å². The molecule has 0 radical (unpaired) electrons. The van der Waals surface area contributed by atoms with Gasteiger partial charge in [-0.3, -0.25) is 5.32 Å². The first kappa shape index (κ1) is 12.6. The number of hydrogen-bond donors (Lipinski definition) is 1. The van der Waals surface area contributed by atoms with Gasteiger partial charge in [-0.15, -0.1) is 6.42 Å². The molecule has 1 N–H and O–H groups in total. The molecule has 0 saturated heterocycles. The Morgan fingerprint density at radius 1 is 1.25 bits per heavy atom. The average molecular weight is 217 g/mol. The zero-order valence-electron chi connectivity index (χ0n) is 10.2. The van der Waals surface area contributed by atoms with Crippen molar-refractivity contribution in [3.8, 4) is 18.1 Å². The maximum absolute atomic E-state index is 5.58. The molecule has 0 aliphatic carbocycles. The third-order valence-electron chi connectivity index (χ3n) is 2.26. The van der Waals surface area contributed by atoms with E-state index in [0.717, 1.165) is 5.75 Å². The molecule has 0 aliphatic rings. The van der Waals surface area contributed by atoms with Crippen LogP contribution in [0.2, 0.25) is 0 Å². The van der Waals surface area contributed by atoms with Gasteiger partial charge in [0.15, 0.2) is 0 Å². The van der Waals surface area contributed by atoms with Crippen LogP contribution < -0.4 is 10.1 Å². The Morgan fingerprint density at radius 2 is 1.88 bits per heavy atom. The Morgan fingerprint density at radius 3 is 2.38 bits per heavy atom. The van der Waals surface area contributed by atoms with Crippen LogP contribution in [-0.2, 0) is 0 Å². The van der Waals surface area contributed by atoms with E-state index >= 15 is 0 Å². The maximum atomic E-state index is 5.58. The normalized spacial score (nSPS) is 12.2. The van der Waals surface area contributed by atoms with Gasteiger partial charge in [-0.2, -0.15) is 0 Å². The standard InChI is InChI=1S/C14H19NO/c1-5-10-15-12(4)13-6-8-14(9-7-13)16-11(2)3/h1,6-9,11-12,15H,10H2,2-4H3. The molecule has 1 rings (SSSR count). The van der Waals surface area contributed by atoms with Crippen LogP contribution in [0.4, 0.5) is 0 Å². The zero-order chi connectivity index (χ0) is 12.0. The van der Waals surface area contributed by atoms with Crippen molar-refractivity contribution >= 4 is 0 Å². The smallest absolute Gasteiger partial charge is 0.119 e. The van der Waals surface area contributed by atoms with Crippen LogP contribution in [0.3, 0.4) is 0 Å². The van der Waals surface area contributed by atoms with Crippen molar-refractivity contribution in [3.05, 3.63) is 29.8 Å². The maximum Gasteiger partial charge on any atom is 0.119 e. The molecule has 0 fully saturated rings. The van der Waals surface area contributed by atoms with Gasteiger partial charge in [0.1, 0.15) is 5.75 Å². The first-order valence-corrected chi connectivity index (χ1v) is 5.57. The Kier molecular flexibility index (Phi) is 4.88. The second kappa shape index (κ2) is 6.19. The molecule has 1 aromatic rings. The second-order valence-electron chi connectivity index (χ2n) is 4.04. The minimum Gasteiger partial charge on any atom is -0.491 e. The summed E-state index contributed by atoms with van der Waals surface area (Å²) in [4.78, 5) is 0. The lowest BCUT2D eigenvalue weighted by Crippen LogP contribution is -2.18. The van der Waals surface area contributed by atoms with E-state index in [1.165, 1.54) is 5.56 Å². The van der Waals surface area contributed by atoms with E-state index in [0.29, 0.717) is 6.54 Å². The highest BCUT2D eigenvalue weighted by Crippen LogP contribution is 2.18. The Labute approximate surface area is 98.0 Å². The number of ether oxygens (including phenoxy) is 1. The molecule has 0 aromatic heterocycles. The van der Waals surface area contributed by atoms with Crippen LogP contribution in [-0.4, -0.2) is 12.6 Å². The van der Waals surface area contributed by atoms with Crippen LogP contribution in [0.25, 0.3) is 0 Å². The van der Waals surface area contributed by atoms with Gasteiger partial charge in [0, 0.05) is 6.04 Å². The second-order valence-corrected chi connectivity index (χ2v) is 4.04. The molecule has 1 aromatic carbocycles. The van der Waals surface area contributed by atoms with Gasteiger partial charge in [-0.1, -0.05) is 18.1 Å². The van der Waals surface area contributed by atoms with E-state index in [2.05, 4.69) is 30.3 Å². The molecule has 0 bridgehead atoms. The lowest BCUT2D eigenvalue weighted by atomic mass is 10.1. The topological polar surface area (TPSA) is 21.3 Å². The molecule has 2 heteroatoms. The molecule has 0 heterocycles. The molecule has 0 aliphatic heterocycles. The average Bonchev–Trinajstić information content (AvgIpc) is 2.26. The fraction of sp³-hybridized carbons (Fsp3) is 0.429. The van der Waals surface area contributed by atoms with Crippen LogP contribution in [0.1, 0.15) is 32.4 Å². The zero-order valence-corrected chi connectivity index (χ0v) is 10.2. The molecule has 0 amide bonds.